The Balaban J connectivity index is 0.000000161. The Morgan fingerprint density at radius 3 is 1.86 bits per heavy atom. The molecule has 0 saturated carbocycles. The summed E-state index contributed by atoms with van der Waals surface area (Å²) in [6.45, 7) is 1.48. The maximum atomic E-state index is 10.4. The van der Waals surface area contributed by atoms with Crippen molar-refractivity contribution >= 4 is 5.78 Å². The number of Topliss-reactive ketones (excluding diaryl/α,β-unsaturated/α-hetero) is 1. The lowest BCUT2D eigenvalue weighted by molar-refractivity contribution is -0.116. The molecule has 0 amide bonds. The zero-order chi connectivity index (χ0) is 14.9. The van der Waals surface area contributed by atoms with Gasteiger partial charge in [0.15, 0.2) is 5.82 Å². The van der Waals surface area contributed by atoms with Crippen LogP contribution in [-0.2, 0) is 11.2 Å². The van der Waals surface area contributed by atoms with Crippen LogP contribution in [0, 0.1) is 0 Å². The van der Waals surface area contributed by atoms with Crippen LogP contribution in [0.25, 0.3) is 11.1 Å². The van der Waals surface area contributed by atoms with Crippen LogP contribution in [-0.4, -0.2) is 26.4 Å². The maximum absolute atomic E-state index is 10.4. The topological polar surface area (TPSA) is 71.5 Å². The summed E-state index contributed by atoms with van der Waals surface area (Å²) < 4.78 is 0. The number of hydrogen-bond donors (Lipinski definition) is 1. The molecule has 0 atom stereocenters. The number of ketones is 1. The van der Waals surface area contributed by atoms with E-state index in [9.17, 15) is 4.79 Å². The molecule has 0 fully saturated rings. The molecule has 3 rings (SSSR count). The zero-order valence-corrected chi connectivity index (χ0v) is 11.7. The van der Waals surface area contributed by atoms with Gasteiger partial charge >= 0.3 is 0 Å². The number of aromatic amines is 1. The van der Waals surface area contributed by atoms with Crippen LogP contribution in [0.4, 0.5) is 0 Å². The molecule has 0 radical (unpaired) electrons. The quantitative estimate of drug-likeness (QED) is 0.800. The molecular weight excluding hydrogens is 264 g/mol. The first kappa shape index (κ1) is 14.6. The molecule has 0 aliphatic heterocycles. The minimum atomic E-state index is 0.0383. The minimum absolute atomic E-state index is 0.0383. The maximum Gasteiger partial charge on any atom is 0.181 e. The van der Waals surface area contributed by atoms with Gasteiger partial charge in [-0.3, -0.25) is 4.79 Å². The number of tetrazole rings is 1. The summed E-state index contributed by atoms with van der Waals surface area (Å²) in [5.74, 6) is 0.485. The lowest BCUT2D eigenvalue weighted by Gasteiger charge is -1.98. The van der Waals surface area contributed by atoms with Crippen molar-refractivity contribution in [1.82, 2.24) is 20.6 Å². The van der Waals surface area contributed by atoms with E-state index in [4.69, 9.17) is 0 Å². The first-order valence-corrected chi connectivity index (χ1v) is 6.58. The summed E-state index contributed by atoms with van der Waals surface area (Å²) in [4.78, 5) is 10.4. The fraction of sp³-hybridized carbons (Fsp3) is 0.125. The summed E-state index contributed by atoms with van der Waals surface area (Å²) in [6.07, 6.45) is 0.260. The van der Waals surface area contributed by atoms with Crippen molar-refractivity contribution in [3.63, 3.8) is 0 Å². The molecule has 5 heteroatoms. The summed E-state index contributed by atoms with van der Waals surface area (Å²) in [7, 11) is 0. The zero-order valence-electron chi connectivity index (χ0n) is 11.7. The van der Waals surface area contributed by atoms with Crippen LogP contribution in [0.3, 0.4) is 0 Å². The van der Waals surface area contributed by atoms with Crippen molar-refractivity contribution in [3.8, 4) is 11.1 Å². The minimum Gasteiger partial charge on any atom is -0.300 e. The van der Waals surface area contributed by atoms with E-state index in [-0.39, 0.29) is 12.2 Å². The van der Waals surface area contributed by atoms with Gasteiger partial charge in [-0.25, -0.2) is 0 Å². The Bertz CT molecular complexity index is 614. The second kappa shape index (κ2) is 7.69. The molecule has 0 aliphatic carbocycles. The molecule has 0 saturated heterocycles. The predicted octanol–water partition coefficient (Wildman–Crippen LogP) is 2.68. The van der Waals surface area contributed by atoms with E-state index in [0.29, 0.717) is 5.82 Å². The SMILES string of the molecule is CC(=O)Cc1nn[nH]n1.c1ccc(-c2ccccc2)cc1. The lowest BCUT2D eigenvalue weighted by atomic mass is 10.1. The molecule has 1 N–H and O–H groups in total. The van der Waals surface area contributed by atoms with E-state index in [1.807, 2.05) is 12.1 Å². The third-order valence-electron chi connectivity index (χ3n) is 2.68. The Labute approximate surface area is 123 Å². The summed E-state index contributed by atoms with van der Waals surface area (Å²) >= 11 is 0. The number of hydrogen-bond acceptors (Lipinski definition) is 4. The standard InChI is InChI=1S/C12H10.C4H6N4O/c1-3-7-11(8-4-1)12-9-5-2-6-10-12;1-3(9)2-4-5-7-8-6-4/h1-10H;2H2,1H3,(H,5,6,7,8). The third-order valence-corrected chi connectivity index (χ3v) is 2.68. The first-order chi connectivity index (χ1) is 10.3. The fourth-order valence-corrected chi connectivity index (χ4v) is 1.74. The number of rotatable bonds is 3. The average Bonchev–Trinajstić information content (AvgIpc) is 3.02. The van der Waals surface area contributed by atoms with Gasteiger partial charge in [-0.1, -0.05) is 65.9 Å². The number of benzene rings is 2. The second-order valence-electron chi connectivity index (χ2n) is 4.44. The molecule has 2 aromatic carbocycles. The number of carbonyl (C=O) groups is 1. The molecule has 106 valence electrons. The van der Waals surface area contributed by atoms with E-state index in [1.54, 1.807) is 0 Å². The van der Waals surface area contributed by atoms with Crippen LogP contribution in [0.15, 0.2) is 60.7 Å². The van der Waals surface area contributed by atoms with Gasteiger partial charge in [0.25, 0.3) is 0 Å². The summed E-state index contributed by atoms with van der Waals surface area (Å²) in [6, 6.07) is 20.8. The van der Waals surface area contributed by atoms with Crippen molar-refractivity contribution in [2.45, 2.75) is 13.3 Å². The average molecular weight is 280 g/mol. The molecule has 3 aromatic rings. The van der Waals surface area contributed by atoms with Crippen molar-refractivity contribution in [3.05, 3.63) is 66.5 Å². The molecule has 1 aromatic heterocycles. The molecule has 0 spiro atoms. The van der Waals surface area contributed by atoms with Crippen LogP contribution >= 0.6 is 0 Å². The van der Waals surface area contributed by atoms with E-state index in [2.05, 4.69) is 69.2 Å². The van der Waals surface area contributed by atoms with E-state index in [1.165, 1.54) is 18.1 Å². The lowest BCUT2D eigenvalue weighted by Crippen LogP contribution is -1.97. The van der Waals surface area contributed by atoms with Crippen molar-refractivity contribution in [1.29, 1.82) is 0 Å². The highest BCUT2D eigenvalue weighted by Gasteiger charge is 1.99. The Hall–Kier alpha value is -2.82. The van der Waals surface area contributed by atoms with Crippen molar-refractivity contribution in [2.24, 2.45) is 0 Å². The molecule has 21 heavy (non-hydrogen) atoms. The van der Waals surface area contributed by atoms with Gasteiger partial charge in [0.05, 0.1) is 6.42 Å². The van der Waals surface area contributed by atoms with E-state index < -0.39 is 0 Å². The van der Waals surface area contributed by atoms with Crippen molar-refractivity contribution < 1.29 is 4.79 Å². The molecule has 0 unspecified atom stereocenters. The second-order valence-corrected chi connectivity index (χ2v) is 4.44. The smallest absolute Gasteiger partial charge is 0.181 e. The molecule has 0 bridgehead atoms. The van der Waals surface area contributed by atoms with Crippen LogP contribution < -0.4 is 0 Å². The summed E-state index contributed by atoms with van der Waals surface area (Å²) in [5.41, 5.74) is 2.55. The van der Waals surface area contributed by atoms with Gasteiger partial charge < -0.3 is 0 Å². The van der Waals surface area contributed by atoms with E-state index in [0.717, 1.165) is 0 Å². The Kier molecular flexibility index (Phi) is 5.34. The van der Waals surface area contributed by atoms with Crippen molar-refractivity contribution in [2.75, 3.05) is 0 Å². The van der Waals surface area contributed by atoms with Crippen LogP contribution in [0.1, 0.15) is 12.7 Å². The van der Waals surface area contributed by atoms with Gasteiger partial charge in [0.2, 0.25) is 0 Å². The predicted molar refractivity (Wildman–Crippen MR) is 80.4 cm³/mol. The first-order valence-electron chi connectivity index (χ1n) is 6.58. The largest absolute Gasteiger partial charge is 0.300 e. The summed E-state index contributed by atoms with van der Waals surface area (Å²) in [5, 5.41) is 12.7. The van der Waals surface area contributed by atoms with Gasteiger partial charge in [0.1, 0.15) is 5.78 Å². The highest BCUT2D eigenvalue weighted by molar-refractivity contribution is 5.77. The molecule has 0 aliphatic rings. The molecule has 1 heterocycles. The number of H-pyrrole nitrogens is 1. The molecular formula is C16H16N4O. The molecule has 5 nitrogen and oxygen atoms in total. The van der Waals surface area contributed by atoms with Gasteiger partial charge in [-0.05, 0) is 18.1 Å². The normalized spacial score (nSPS) is 9.57. The highest BCUT2D eigenvalue weighted by Crippen LogP contribution is 2.17. The highest BCUT2D eigenvalue weighted by atomic mass is 16.1. The third kappa shape index (κ3) is 4.99. The van der Waals surface area contributed by atoms with Crippen LogP contribution in [0.5, 0.6) is 0 Å². The number of nitrogens with zero attached hydrogens (tertiary/aromatic N) is 3. The Morgan fingerprint density at radius 1 is 0.952 bits per heavy atom. The number of aromatic nitrogens is 4. The van der Waals surface area contributed by atoms with E-state index >= 15 is 0 Å². The Morgan fingerprint density at radius 2 is 1.48 bits per heavy atom. The van der Waals surface area contributed by atoms with Gasteiger partial charge in [-0.15, -0.1) is 10.2 Å². The monoisotopic (exact) mass is 280 g/mol. The van der Waals surface area contributed by atoms with Gasteiger partial charge in [0, 0.05) is 0 Å². The number of nitrogens with one attached hydrogen (secondary N) is 1. The van der Waals surface area contributed by atoms with Crippen LogP contribution in [0.2, 0.25) is 0 Å². The fourth-order valence-electron chi connectivity index (χ4n) is 1.74. The number of carbonyl (C=O) groups excluding carboxylic acids is 1. The van der Waals surface area contributed by atoms with Gasteiger partial charge in [-0.2, -0.15) is 5.21 Å².